The molecule has 2 heterocycles. The van der Waals surface area contributed by atoms with Crippen LogP contribution in [0.15, 0.2) is 12.1 Å². The lowest BCUT2D eigenvalue weighted by molar-refractivity contribution is -0.136. The zero-order valence-electron chi connectivity index (χ0n) is 22.5. The number of hydrogen-bond donors (Lipinski definition) is 3. The fourth-order valence-electron chi connectivity index (χ4n) is 8.38. The van der Waals surface area contributed by atoms with E-state index in [0.29, 0.717) is 17.8 Å². The fourth-order valence-corrected chi connectivity index (χ4v) is 8.38. The number of fused-ring (bicyclic) bond motifs is 1. The molecule has 1 unspecified atom stereocenters. The number of piperidine rings is 1. The average molecular weight is 539 g/mol. The van der Waals surface area contributed by atoms with Crippen LogP contribution in [-0.4, -0.2) is 53.2 Å². The van der Waals surface area contributed by atoms with Crippen molar-refractivity contribution in [1.82, 2.24) is 15.5 Å². The summed E-state index contributed by atoms with van der Waals surface area (Å²) in [4.78, 5) is 50.7. The van der Waals surface area contributed by atoms with Gasteiger partial charge in [0.25, 0.3) is 11.8 Å². The van der Waals surface area contributed by atoms with Crippen LogP contribution in [0.25, 0.3) is 0 Å². The van der Waals surface area contributed by atoms with Gasteiger partial charge in [-0.05, 0) is 94.2 Å². The van der Waals surface area contributed by atoms with Gasteiger partial charge in [-0.1, -0.05) is 19.3 Å². The van der Waals surface area contributed by atoms with Crippen molar-refractivity contribution < 1.29 is 23.6 Å². The zero-order chi connectivity index (χ0) is 27.1. The molecule has 4 amide bonds. The topological polar surface area (TPSA) is 108 Å². The van der Waals surface area contributed by atoms with Gasteiger partial charge in [0.15, 0.2) is 0 Å². The van der Waals surface area contributed by atoms with Crippen molar-refractivity contribution >= 4 is 29.3 Å². The molecule has 4 bridgehead atoms. The van der Waals surface area contributed by atoms with Crippen LogP contribution >= 0.6 is 0 Å². The van der Waals surface area contributed by atoms with Crippen molar-refractivity contribution in [2.24, 2.45) is 17.8 Å². The molecule has 1 atom stereocenters. The summed E-state index contributed by atoms with van der Waals surface area (Å²) in [5.74, 6) is -0.562. The summed E-state index contributed by atoms with van der Waals surface area (Å²) in [7, 11) is 0. The van der Waals surface area contributed by atoms with E-state index in [0.717, 1.165) is 48.5 Å². The van der Waals surface area contributed by atoms with Crippen LogP contribution in [0.2, 0.25) is 0 Å². The third-order valence-electron chi connectivity index (χ3n) is 9.75. The minimum Gasteiger partial charge on any atom is -0.384 e. The van der Waals surface area contributed by atoms with Crippen LogP contribution in [0, 0.1) is 23.6 Å². The lowest BCUT2D eigenvalue weighted by Crippen LogP contribution is -2.58. The highest BCUT2D eigenvalue weighted by molar-refractivity contribution is 6.25. The van der Waals surface area contributed by atoms with Crippen molar-refractivity contribution in [2.45, 2.75) is 95.1 Å². The Labute approximate surface area is 228 Å². The molecule has 4 saturated carbocycles. The monoisotopic (exact) mass is 538 g/mol. The van der Waals surface area contributed by atoms with Gasteiger partial charge in [-0.3, -0.25) is 29.4 Å². The number of rotatable bonds is 11. The second kappa shape index (κ2) is 10.6. The predicted molar refractivity (Wildman–Crippen MR) is 144 cm³/mol. The molecule has 2 aliphatic heterocycles. The van der Waals surface area contributed by atoms with E-state index in [-0.39, 0.29) is 24.0 Å². The zero-order valence-corrected chi connectivity index (χ0v) is 22.5. The highest BCUT2D eigenvalue weighted by Crippen LogP contribution is 2.55. The molecule has 4 aliphatic carbocycles. The summed E-state index contributed by atoms with van der Waals surface area (Å²) in [5, 5.41) is 9.34. The van der Waals surface area contributed by atoms with E-state index in [1.165, 1.54) is 63.5 Å². The van der Waals surface area contributed by atoms with E-state index in [1.807, 2.05) is 0 Å². The highest BCUT2D eigenvalue weighted by atomic mass is 19.1. The normalized spacial score (nSPS) is 31.2. The smallest absolute Gasteiger partial charge is 0.265 e. The summed E-state index contributed by atoms with van der Waals surface area (Å²) >= 11 is 0. The molecule has 3 N–H and O–H groups in total. The van der Waals surface area contributed by atoms with Gasteiger partial charge < -0.3 is 10.6 Å². The van der Waals surface area contributed by atoms with E-state index in [4.69, 9.17) is 0 Å². The number of nitrogens with one attached hydrogen (secondary N) is 3. The minimum absolute atomic E-state index is 0.0235. The standard InChI is InChI=1S/C30H39FN4O4/c31-21-6-7-22(26-25(21)28(38)35(29(26)39)23-8-9-24(36)34-27(23)37)32-10-4-2-1-3-5-11-33-30-15-18-12-19(16-30)14-20(13-18)17-30/h6-7,18-20,23,32-33H,1-5,8-17H2,(H,34,36,37). The number of nitrogens with zero attached hydrogens (tertiary/aromatic N) is 1. The number of amides is 4. The van der Waals surface area contributed by atoms with Gasteiger partial charge >= 0.3 is 0 Å². The Morgan fingerprint density at radius 2 is 1.46 bits per heavy atom. The largest absolute Gasteiger partial charge is 0.384 e. The first-order valence-corrected chi connectivity index (χ1v) is 14.9. The van der Waals surface area contributed by atoms with Crippen LogP contribution in [0.1, 0.15) is 104 Å². The maximum absolute atomic E-state index is 14.6. The van der Waals surface area contributed by atoms with Gasteiger partial charge in [-0.15, -0.1) is 0 Å². The predicted octanol–water partition coefficient (Wildman–Crippen LogP) is 4.15. The summed E-state index contributed by atoms with van der Waals surface area (Å²) in [6.07, 6.45) is 14.1. The van der Waals surface area contributed by atoms with Gasteiger partial charge in [0.05, 0.1) is 11.1 Å². The van der Waals surface area contributed by atoms with Crippen molar-refractivity contribution in [3.63, 3.8) is 0 Å². The number of benzene rings is 1. The third-order valence-corrected chi connectivity index (χ3v) is 9.75. The molecule has 1 saturated heterocycles. The van der Waals surface area contributed by atoms with E-state index >= 15 is 0 Å². The van der Waals surface area contributed by atoms with Gasteiger partial charge in [0, 0.05) is 24.2 Å². The van der Waals surface area contributed by atoms with E-state index < -0.39 is 35.5 Å². The average Bonchev–Trinajstić information content (AvgIpc) is 3.14. The Hall–Kier alpha value is -2.81. The Balaban J connectivity index is 0.945. The molecule has 7 rings (SSSR count). The first-order chi connectivity index (χ1) is 18.8. The summed E-state index contributed by atoms with van der Waals surface area (Å²) in [5.41, 5.74) is 0.502. The molecule has 39 heavy (non-hydrogen) atoms. The number of unbranched alkanes of at least 4 members (excludes halogenated alkanes) is 4. The van der Waals surface area contributed by atoms with Gasteiger partial charge in [0.2, 0.25) is 11.8 Å². The van der Waals surface area contributed by atoms with Gasteiger partial charge in [-0.25, -0.2) is 4.39 Å². The number of carbonyl (C=O) groups excluding carboxylic acids is 4. The lowest BCUT2D eigenvalue weighted by atomic mass is 9.53. The number of halogens is 1. The highest BCUT2D eigenvalue weighted by Gasteiger charge is 2.50. The Bertz CT molecular complexity index is 1150. The van der Waals surface area contributed by atoms with Crippen molar-refractivity contribution in [3.05, 3.63) is 29.1 Å². The molecule has 210 valence electrons. The molecular weight excluding hydrogens is 499 g/mol. The Kier molecular flexibility index (Phi) is 7.20. The quantitative estimate of drug-likeness (QED) is 0.289. The van der Waals surface area contributed by atoms with Gasteiger partial charge in [0.1, 0.15) is 11.9 Å². The number of imide groups is 2. The summed E-state index contributed by atoms with van der Waals surface area (Å²) in [6, 6.07) is 1.54. The van der Waals surface area contributed by atoms with E-state index in [2.05, 4.69) is 16.0 Å². The van der Waals surface area contributed by atoms with Crippen LogP contribution < -0.4 is 16.0 Å². The molecule has 1 aromatic rings. The second-order valence-corrected chi connectivity index (χ2v) is 12.6. The number of hydrogen-bond acceptors (Lipinski definition) is 6. The fraction of sp³-hybridized carbons (Fsp3) is 0.667. The van der Waals surface area contributed by atoms with E-state index in [1.54, 1.807) is 0 Å². The van der Waals surface area contributed by atoms with Crippen molar-refractivity contribution in [1.29, 1.82) is 0 Å². The molecule has 0 radical (unpaired) electrons. The Morgan fingerprint density at radius 3 is 2.13 bits per heavy atom. The first-order valence-electron chi connectivity index (χ1n) is 14.9. The summed E-state index contributed by atoms with van der Waals surface area (Å²) in [6.45, 7) is 1.70. The lowest BCUT2D eigenvalue weighted by Gasteiger charge is -2.57. The van der Waals surface area contributed by atoms with Crippen molar-refractivity contribution in [2.75, 3.05) is 18.4 Å². The minimum atomic E-state index is -1.11. The molecular formula is C30H39FN4O4. The molecule has 0 aromatic heterocycles. The van der Waals surface area contributed by atoms with Gasteiger partial charge in [-0.2, -0.15) is 0 Å². The second-order valence-electron chi connectivity index (χ2n) is 12.6. The number of anilines is 1. The molecule has 8 nitrogen and oxygen atoms in total. The number of carbonyl (C=O) groups is 4. The van der Waals surface area contributed by atoms with Crippen molar-refractivity contribution in [3.8, 4) is 0 Å². The SMILES string of the molecule is O=C1CCC(N2C(=O)c3c(F)ccc(NCCCCCCCNC45CC6CC(CC(C6)C4)C5)c3C2=O)C(=O)N1. The molecule has 5 fully saturated rings. The maximum atomic E-state index is 14.6. The molecule has 6 aliphatic rings. The van der Waals surface area contributed by atoms with Crippen LogP contribution in [0.5, 0.6) is 0 Å². The van der Waals surface area contributed by atoms with Crippen LogP contribution in [0.4, 0.5) is 10.1 Å². The van der Waals surface area contributed by atoms with Crippen LogP contribution in [0.3, 0.4) is 0 Å². The first kappa shape index (κ1) is 26.4. The molecule has 1 aromatic carbocycles. The maximum Gasteiger partial charge on any atom is 0.265 e. The van der Waals surface area contributed by atoms with Crippen LogP contribution in [-0.2, 0) is 9.59 Å². The summed E-state index contributed by atoms with van der Waals surface area (Å²) < 4.78 is 14.6. The van der Waals surface area contributed by atoms with E-state index in [9.17, 15) is 23.6 Å². The Morgan fingerprint density at radius 1 is 0.846 bits per heavy atom. The third kappa shape index (κ3) is 5.10. The molecule has 0 spiro atoms. The molecule has 9 heteroatoms.